The Morgan fingerprint density at radius 2 is 2.00 bits per heavy atom. The number of benzene rings is 1. The topological polar surface area (TPSA) is 26.3 Å². The first-order chi connectivity index (χ1) is 9.82. The molecule has 6 heteroatoms. The molecular weight excluding hydrogens is 288 g/mol. The lowest BCUT2D eigenvalue weighted by Gasteiger charge is -2.29. The second-order valence-corrected chi connectivity index (χ2v) is 5.31. The Bertz CT molecular complexity index is 525. The van der Waals surface area contributed by atoms with Crippen molar-refractivity contribution >= 4 is 5.78 Å². The van der Waals surface area contributed by atoms with Crippen molar-refractivity contribution in [3.8, 4) is 5.75 Å². The monoisotopic (exact) mass is 304 g/mol. The molecule has 1 aliphatic carbocycles. The third-order valence-corrected chi connectivity index (χ3v) is 3.95. The molecule has 0 saturated heterocycles. The van der Waals surface area contributed by atoms with E-state index in [2.05, 4.69) is 0 Å². The molecule has 2 rings (SSSR count). The van der Waals surface area contributed by atoms with Crippen LogP contribution in [0, 0.1) is 17.7 Å². The van der Waals surface area contributed by atoms with Crippen LogP contribution in [0.5, 0.6) is 5.75 Å². The Labute approximate surface area is 120 Å². The average molecular weight is 304 g/mol. The largest absolute Gasteiger partial charge is 0.497 e. The first kappa shape index (κ1) is 15.8. The molecule has 2 atom stereocenters. The fourth-order valence-electron chi connectivity index (χ4n) is 2.77. The number of halogens is 4. The summed E-state index contributed by atoms with van der Waals surface area (Å²) in [4.78, 5) is 12.2. The predicted octanol–water partition coefficient (Wildman–Crippen LogP) is 4.39. The zero-order valence-corrected chi connectivity index (χ0v) is 11.5. The lowest BCUT2D eigenvalue weighted by atomic mass is 9.77. The first-order valence-electron chi connectivity index (χ1n) is 6.77. The van der Waals surface area contributed by atoms with Crippen LogP contribution < -0.4 is 4.74 Å². The van der Waals surface area contributed by atoms with Crippen LogP contribution in [0.4, 0.5) is 17.6 Å². The highest BCUT2D eigenvalue weighted by Crippen LogP contribution is 2.41. The second kappa shape index (κ2) is 6.03. The molecule has 0 aromatic heterocycles. The number of rotatable bonds is 3. The van der Waals surface area contributed by atoms with Crippen LogP contribution in [0.3, 0.4) is 0 Å². The van der Waals surface area contributed by atoms with Crippen molar-refractivity contribution in [2.24, 2.45) is 11.8 Å². The number of carbonyl (C=O) groups is 1. The molecule has 1 fully saturated rings. The van der Waals surface area contributed by atoms with Gasteiger partial charge in [-0.3, -0.25) is 4.79 Å². The molecule has 0 aliphatic heterocycles. The van der Waals surface area contributed by atoms with Crippen LogP contribution in [0.1, 0.15) is 36.0 Å². The molecule has 1 aromatic carbocycles. The molecule has 2 nitrogen and oxygen atoms in total. The molecule has 0 bridgehead atoms. The summed E-state index contributed by atoms with van der Waals surface area (Å²) in [5.41, 5.74) is -0.163. The normalized spacial score (nSPS) is 22.9. The van der Waals surface area contributed by atoms with Crippen LogP contribution in [-0.2, 0) is 0 Å². The predicted molar refractivity (Wildman–Crippen MR) is 68.8 cm³/mol. The van der Waals surface area contributed by atoms with E-state index >= 15 is 0 Å². The average Bonchev–Trinajstić information content (AvgIpc) is 2.45. The molecule has 116 valence electrons. The summed E-state index contributed by atoms with van der Waals surface area (Å²) >= 11 is 0. The highest BCUT2D eigenvalue weighted by molar-refractivity contribution is 5.98. The Kier molecular flexibility index (Phi) is 4.54. The number of hydrogen-bond donors (Lipinski definition) is 0. The van der Waals surface area contributed by atoms with Crippen molar-refractivity contribution < 1.29 is 27.1 Å². The maximum absolute atomic E-state index is 13.9. The van der Waals surface area contributed by atoms with Crippen molar-refractivity contribution in [3.63, 3.8) is 0 Å². The minimum Gasteiger partial charge on any atom is -0.497 e. The Balaban J connectivity index is 2.16. The third kappa shape index (κ3) is 3.54. The van der Waals surface area contributed by atoms with Gasteiger partial charge in [0.25, 0.3) is 0 Å². The van der Waals surface area contributed by atoms with Crippen molar-refractivity contribution in [1.29, 1.82) is 0 Å². The van der Waals surface area contributed by atoms with Gasteiger partial charge in [0.05, 0.1) is 18.6 Å². The lowest BCUT2D eigenvalue weighted by molar-refractivity contribution is -0.184. The van der Waals surface area contributed by atoms with E-state index in [9.17, 15) is 22.4 Å². The smallest absolute Gasteiger partial charge is 0.391 e. The van der Waals surface area contributed by atoms with Gasteiger partial charge in [0.1, 0.15) is 11.6 Å². The van der Waals surface area contributed by atoms with Crippen molar-refractivity contribution in [2.75, 3.05) is 7.11 Å². The molecule has 21 heavy (non-hydrogen) atoms. The van der Waals surface area contributed by atoms with Crippen LogP contribution in [0.2, 0.25) is 0 Å². The summed E-state index contributed by atoms with van der Waals surface area (Å²) in [5, 5.41) is 0. The van der Waals surface area contributed by atoms with Crippen LogP contribution >= 0.6 is 0 Å². The van der Waals surface area contributed by atoms with Gasteiger partial charge in [0, 0.05) is 12.0 Å². The van der Waals surface area contributed by atoms with Crippen molar-refractivity contribution in [1.82, 2.24) is 0 Å². The maximum Gasteiger partial charge on any atom is 0.391 e. The molecule has 0 heterocycles. The van der Waals surface area contributed by atoms with E-state index in [-0.39, 0.29) is 24.2 Å². The highest BCUT2D eigenvalue weighted by atomic mass is 19.4. The minimum absolute atomic E-state index is 0.0401. The van der Waals surface area contributed by atoms with E-state index in [1.54, 1.807) is 0 Å². The van der Waals surface area contributed by atoms with Crippen LogP contribution in [0.15, 0.2) is 18.2 Å². The van der Waals surface area contributed by atoms with E-state index in [1.807, 2.05) is 0 Å². The molecule has 0 radical (unpaired) electrons. The van der Waals surface area contributed by atoms with E-state index in [0.717, 1.165) is 6.07 Å². The van der Waals surface area contributed by atoms with Crippen LogP contribution in [0.25, 0.3) is 0 Å². The van der Waals surface area contributed by atoms with E-state index in [0.29, 0.717) is 12.8 Å². The lowest BCUT2D eigenvalue weighted by Crippen LogP contribution is -2.32. The number of alkyl halides is 3. The number of carbonyl (C=O) groups excluding carboxylic acids is 1. The fourth-order valence-corrected chi connectivity index (χ4v) is 2.77. The number of hydrogen-bond acceptors (Lipinski definition) is 2. The standard InChI is InChI=1S/C15H16F4O2/c1-21-11-5-6-12(13(16)8-11)14(20)9-3-2-4-10(7-9)15(17,18)19/h5-6,8-10H,2-4,7H2,1H3. The van der Waals surface area contributed by atoms with Crippen molar-refractivity contribution in [3.05, 3.63) is 29.6 Å². The number of ether oxygens (including phenoxy) is 1. The molecule has 0 N–H and O–H groups in total. The van der Waals surface area contributed by atoms with Gasteiger partial charge in [-0.2, -0.15) is 13.2 Å². The zero-order chi connectivity index (χ0) is 15.6. The molecule has 1 aromatic rings. The maximum atomic E-state index is 13.9. The van der Waals surface area contributed by atoms with Gasteiger partial charge in [-0.1, -0.05) is 6.42 Å². The van der Waals surface area contributed by atoms with E-state index < -0.39 is 29.6 Å². The van der Waals surface area contributed by atoms with Crippen molar-refractivity contribution in [2.45, 2.75) is 31.9 Å². The minimum atomic E-state index is -4.29. The number of Topliss-reactive ketones (excluding diaryl/α,β-unsaturated/α-hetero) is 1. The van der Waals surface area contributed by atoms with Gasteiger partial charge in [-0.15, -0.1) is 0 Å². The Morgan fingerprint density at radius 1 is 1.29 bits per heavy atom. The summed E-state index contributed by atoms with van der Waals surface area (Å²) in [6, 6.07) is 3.77. The number of methoxy groups -OCH3 is 1. The molecule has 2 unspecified atom stereocenters. The van der Waals surface area contributed by atoms with Crippen LogP contribution in [-0.4, -0.2) is 19.1 Å². The highest BCUT2D eigenvalue weighted by Gasteiger charge is 2.43. The quantitative estimate of drug-likeness (QED) is 0.611. The van der Waals surface area contributed by atoms with Gasteiger partial charge in [0.2, 0.25) is 0 Å². The molecular formula is C15H16F4O2. The van der Waals surface area contributed by atoms with Gasteiger partial charge in [0.15, 0.2) is 5.78 Å². The van der Waals surface area contributed by atoms with E-state index in [4.69, 9.17) is 4.74 Å². The Morgan fingerprint density at radius 3 is 2.57 bits per heavy atom. The summed E-state index contributed by atoms with van der Waals surface area (Å²) in [7, 11) is 1.37. The van der Waals surface area contributed by atoms with Gasteiger partial charge in [-0.05, 0) is 31.4 Å². The van der Waals surface area contributed by atoms with Gasteiger partial charge < -0.3 is 4.74 Å². The molecule has 0 spiro atoms. The van der Waals surface area contributed by atoms with Gasteiger partial charge in [-0.25, -0.2) is 4.39 Å². The SMILES string of the molecule is COc1ccc(C(=O)C2CCCC(C(F)(F)F)C2)c(F)c1. The first-order valence-corrected chi connectivity index (χ1v) is 6.77. The summed E-state index contributed by atoms with van der Waals surface area (Å²) < 4.78 is 57.0. The Hall–Kier alpha value is -1.59. The second-order valence-electron chi connectivity index (χ2n) is 5.31. The number of ketones is 1. The molecule has 1 saturated carbocycles. The summed E-state index contributed by atoms with van der Waals surface area (Å²) in [6.07, 6.45) is -3.81. The van der Waals surface area contributed by atoms with E-state index in [1.165, 1.54) is 19.2 Å². The van der Waals surface area contributed by atoms with Gasteiger partial charge >= 0.3 is 6.18 Å². The summed E-state index contributed by atoms with van der Waals surface area (Å²) in [6.45, 7) is 0. The molecule has 1 aliphatic rings. The molecule has 0 amide bonds. The third-order valence-electron chi connectivity index (χ3n) is 3.95. The zero-order valence-electron chi connectivity index (χ0n) is 11.5. The summed E-state index contributed by atoms with van der Waals surface area (Å²) in [5.74, 6) is -3.28. The fraction of sp³-hybridized carbons (Fsp3) is 0.533.